The van der Waals surface area contributed by atoms with Crippen molar-refractivity contribution in [1.82, 2.24) is 14.6 Å². The molecule has 1 aliphatic rings. The zero-order valence-electron chi connectivity index (χ0n) is 12.0. The SMILES string of the molecule is Fc1ccc(F)c([C@H]2C[C@H](F)CN2c2ccc3nccn3n2)c1. The zero-order valence-corrected chi connectivity index (χ0v) is 12.0. The van der Waals surface area contributed by atoms with Crippen LogP contribution in [0.25, 0.3) is 5.65 Å². The highest BCUT2D eigenvalue weighted by Gasteiger charge is 2.36. The molecule has 1 saturated heterocycles. The molecule has 3 aromatic rings. The standard InChI is InChI=1S/C16H13F3N4/c17-10-1-2-13(19)12(7-10)14-8-11(18)9-22(14)16-4-3-15-20-5-6-23(15)21-16/h1-7,11,14H,8-9H2/t11-,14+/m0/s1. The first-order valence-electron chi connectivity index (χ1n) is 7.28. The van der Waals surface area contributed by atoms with Crippen LogP contribution in [0.15, 0.2) is 42.7 Å². The lowest BCUT2D eigenvalue weighted by Gasteiger charge is -2.25. The molecule has 0 radical (unpaired) electrons. The Morgan fingerprint density at radius 2 is 2.00 bits per heavy atom. The monoisotopic (exact) mass is 318 g/mol. The van der Waals surface area contributed by atoms with E-state index in [2.05, 4.69) is 10.1 Å². The van der Waals surface area contributed by atoms with E-state index >= 15 is 0 Å². The maximum atomic E-state index is 14.1. The number of hydrogen-bond acceptors (Lipinski definition) is 3. The second kappa shape index (κ2) is 5.26. The van der Waals surface area contributed by atoms with Crippen molar-refractivity contribution in [3.05, 3.63) is 59.9 Å². The second-order valence-corrected chi connectivity index (χ2v) is 5.59. The predicted molar refractivity (Wildman–Crippen MR) is 78.9 cm³/mol. The summed E-state index contributed by atoms with van der Waals surface area (Å²) in [6.45, 7) is 0.0911. The molecule has 1 aliphatic heterocycles. The number of fused-ring (bicyclic) bond motifs is 1. The van der Waals surface area contributed by atoms with Gasteiger partial charge in [0, 0.05) is 24.4 Å². The Bertz CT molecular complexity index is 863. The van der Waals surface area contributed by atoms with Gasteiger partial charge in [0.25, 0.3) is 0 Å². The van der Waals surface area contributed by atoms with Gasteiger partial charge >= 0.3 is 0 Å². The molecule has 118 valence electrons. The van der Waals surface area contributed by atoms with Crippen molar-refractivity contribution in [3.63, 3.8) is 0 Å². The highest BCUT2D eigenvalue weighted by Crippen LogP contribution is 2.37. The van der Waals surface area contributed by atoms with Gasteiger partial charge in [0.15, 0.2) is 5.65 Å². The average molecular weight is 318 g/mol. The number of aromatic nitrogens is 3. The van der Waals surface area contributed by atoms with Crippen LogP contribution in [-0.4, -0.2) is 27.3 Å². The van der Waals surface area contributed by atoms with E-state index in [1.165, 1.54) is 0 Å². The van der Waals surface area contributed by atoms with Crippen LogP contribution in [-0.2, 0) is 0 Å². The van der Waals surface area contributed by atoms with E-state index in [0.29, 0.717) is 11.5 Å². The molecule has 1 aromatic carbocycles. The van der Waals surface area contributed by atoms with Gasteiger partial charge in [0.05, 0.1) is 12.6 Å². The van der Waals surface area contributed by atoms with Gasteiger partial charge < -0.3 is 4.90 Å². The van der Waals surface area contributed by atoms with Crippen LogP contribution < -0.4 is 4.90 Å². The summed E-state index contributed by atoms with van der Waals surface area (Å²) in [5, 5.41) is 4.38. The molecule has 0 unspecified atom stereocenters. The van der Waals surface area contributed by atoms with Crippen molar-refractivity contribution >= 4 is 11.5 Å². The van der Waals surface area contributed by atoms with E-state index < -0.39 is 23.8 Å². The van der Waals surface area contributed by atoms with Crippen molar-refractivity contribution < 1.29 is 13.2 Å². The molecule has 4 rings (SSSR count). The highest BCUT2D eigenvalue weighted by molar-refractivity contribution is 5.49. The van der Waals surface area contributed by atoms with Crippen LogP contribution in [0, 0.1) is 11.6 Å². The Balaban J connectivity index is 1.77. The smallest absolute Gasteiger partial charge is 0.153 e. The molecule has 0 N–H and O–H groups in total. The third-order valence-electron chi connectivity index (χ3n) is 4.10. The summed E-state index contributed by atoms with van der Waals surface area (Å²) in [6, 6.07) is 6.13. The molecule has 4 nitrogen and oxygen atoms in total. The highest BCUT2D eigenvalue weighted by atomic mass is 19.1. The maximum Gasteiger partial charge on any atom is 0.153 e. The Morgan fingerprint density at radius 3 is 2.87 bits per heavy atom. The summed E-state index contributed by atoms with van der Waals surface area (Å²) in [5.41, 5.74) is 0.816. The van der Waals surface area contributed by atoms with E-state index in [9.17, 15) is 13.2 Å². The lowest BCUT2D eigenvalue weighted by atomic mass is 10.0. The van der Waals surface area contributed by atoms with E-state index in [1.807, 2.05) is 0 Å². The van der Waals surface area contributed by atoms with Gasteiger partial charge in [-0.3, -0.25) is 0 Å². The minimum absolute atomic E-state index is 0.0911. The van der Waals surface area contributed by atoms with E-state index in [-0.39, 0.29) is 18.5 Å². The summed E-state index contributed by atoms with van der Waals surface area (Å²) in [5.74, 6) is -0.579. The van der Waals surface area contributed by atoms with E-state index in [0.717, 1.165) is 18.2 Å². The molecule has 0 spiro atoms. The molecule has 3 heterocycles. The third-order valence-corrected chi connectivity index (χ3v) is 4.10. The van der Waals surface area contributed by atoms with Gasteiger partial charge in [-0.05, 0) is 30.3 Å². The van der Waals surface area contributed by atoms with Crippen molar-refractivity contribution in [1.29, 1.82) is 0 Å². The fourth-order valence-corrected chi connectivity index (χ4v) is 3.06. The number of hydrogen-bond donors (Lipinski definition) is 0. The lowest BCUT2D eigenvalue weighted by molar-refractivity contribution is 0.355. The van der Waals surface area contributed by atoms with Crippen LogP contribution in [0.4, 0.5) is 19.0 Å². The first-order valence-corrected chi connectivity index (χ1v) is 7.28. The first kappa shape index (κ1) is 14.0. The number of rotatable bonds is 2. The minimum Gasteiger partial charge on any atom is -0.345 e. The fourth-order valence-electron chi connectivity index (χ4n) is 3.06. The first-order chi connectivity index (χ1) is 11.1. The topological polar surface area (TPSA) is 33.4 Å². The summed E-state index contributed by atoms with van der Waals surface area (Å²) in [6.07, 6.45) is 2.27. The van der Waals surface area contributed by atoms with Gasteiger partial charge in [0.2, 0.25) is 0 Å². The Morgan fingerprint density at radius 1 is 1.13 bits per heavy atom. The molecular weight excluding hydrogens is 305 g/mol. The Kier molecular flexibility index (Phi) is 3.21. The maximum absolute atomic E-state index is 14.1. The van der Waals surface area contributed by atoms with Crippen LogP contribution in [0.5, 0.6) is 0 Å². The number of nitrogens with zero attached hydrogens (tertiary/aromatic N) is 4. The van der Waals surface area contributed by atoms with Crippen molar-refractivity contribution in [2.45, 2.75) is 18.6 Å². The largest absolute Gasteiger partial charge is 0.345 e. The van der Waals surface area contributed by atoms with Gasteiger partial charge in [-0.1, -0.05) is 0 Å². The molecule has 2 aromatic heterocycles. The summed E-state index contributed by atoms with van der Waals surface area (Å²) in [4.78, 5) is 5.77. The Hall–Kier alpha value is -2.57. The predicted octanol–water partition coefficient (Wildman–Crippen LogP) is 3.30. The van der Waals surface area contributed by atoms with Gasteiger partial charge in [-0.15, -0.1) is 5.10 Å². The van der Waals surface area contributed by atoms with Crippen LogP contribution in [0.2, 0.25) is 0 Å². The minimum atomic E-state index is -1.12. The molecule has 1 fully saturated rings. The number of benzene rings is 1. The summed E-state index contributed by atoms with van der Waals surface area (Å²) >= 11 is 0. The van der Waals surface area contributed by atoms with Gasteiger partial charge in [-0.2, -0.15) is 0 Å². The number of anilines is 1. The third kappa shape index (κ3) is 2.42. The fraction of sp³-hybridized carbons (Fsp3) is 0.250. The molecule has 2 atom stereocenters. The Labute approximate surface area is 130 Å². The number of imidazole rings is 1. The van der Waals surface area contributed by atoms with E-state index in [1.54, 1.807) is 33.9 Å². The number of halogens is 3. The van der Waals surface area contributed by atoms with Gasteiger partial charge in [0.1, 0.15) is 23.6 Å². The van der Waals surface area contributed by atoms with Crippen molar-refractivity contribution in [2.24, 2.45) is 0 Å². The molecule has 0 amide bonds. The zero-order chi connectivity index (χ0) is 16.0. The molecule has 7 heteroatoms. The van der Waals surface area contributed by atoms with Gasteiger partial charge in [-0.25, -0.2) is 22.7 Å². The molecule has 23 heavy (non-hydrogen) atoms. The quantitative estimate of drug-likeness (QED) is 0.727. The molecule has 0 aliphatic carbocycles. The summed E-state index contributed by atoms with van der Waals surface area (Å²) < 4.78 is 43.1. The molecule has 0 saturated carbocycles. The van der Waals surface area contributed by atoms with Crippen LogP contribution in [0.1, 0.15) is 18.0 Å². The van der Waals surface area contributed by atoms with Crippen LogP contribution in [0.3, 0.4) is 0 Å². The lowest BCUT2D eigenvalue weighted by Crippen LogP contribution is -2.26. The summed E-state index contributed by atoms with van der Waals surface area (Å²) in [7, 11) is 0. The van der Waals surface area contributed by atoms with Crippen molar-refractivity contribution in [3.8, 4) is 0 Å². The average Bonchev–Trinajstić information content (AvgIpc) is 3.15. The normalized spacial score (nSPS) is 21.3. The van der Waals surface area contributed by atoms with Crippen molar-refractivity contribution in [2.75, 3.05) is 11.4 Å². The molecular formula is C16H13F3N4. The number of alkyl halides is 1. The second-order valence-electron chi connectivity index (χ2n) is 5.59. The molecule has 0 bridgehead atoms. The van der Waals surface area contributed by atoms with Crippen LogP contribution >= 0.6 is 0 Å². The van der Waals surface area contributed by atoms with E-state index in [4.69, 9.17) is 0 Å².